The van der Waals surface area contributed by atoms with Crippen molar-refractivity contribution in [2.24, 2.45) is 0 Å². The van der Waals surface area contributed by atoms with E-state index in [4.69, 9.17) is 5.11 Å². The Morgan fingerprint density at radius 3 is 2.62 bits per heavy atom. The van der Waals surface area contributed by atoms with E-state index in [-0.39, 0.29) is 6.10 Å². The molecular weight excluding hydrogens is 100 g/mol. The molecular formula is C7H14O. The molecule has 1 N–H and O–H groups in total. The summed E-state index contributed by atoms with van der Waals surface area (Å²) < 4.78 is 0. The topological polar surface area (TPSA) is 20.2 Å². The first-order valence-corrected chi connectivity index (χ1v) is 3.12. The zero-order chi connectivity index (χ0) is 6.41. The average Bonchev–Trinajstić information content (AvgIpc) is 1.66. The first kappa shape index (κ1) is 7.70. The van der Waals surface area contributed by atoms with Crippen molar-refractivity contribution in [2.75, 3.05) is 0 Å². The van der Waals surface area contributed by atoms with Crippen LogP contribution in [0.4, 0.5) is 0 Å². The van der Waals surface area contributed by atoms with Gasteiger partial charge in [0.2, 0.25) is 0 Å². The van der Waals surface area contributed by atoms with Gasteiger partial charge in [-0.25, -0.2) is 0 Å². The molecule has 1 atom stereocenters. The fraction of sp³-hybridized carbons (Fsp3) is 0.714. The summed E-state index contributed by atoms with van der Waals surface area (Å²) in [5.74, 6) is 0. The first-order chi connectivity index (χ1) is 3.77. The highest BCUT2D eigenvalue weighted by Crippen LogP contribution is 1.90. The average molecular weight is 114 g/mol. The van der Waals surface area contributed by atoms with Crippen molar-refractivity contribution in [2.45, 2.75) is 32.8 Å². The lowest BCUT2D eigenvalue weighted by Crippen LogP contribution is -1.90. The Bertz CT molecular complexity index is 64.8. The van der Waals surface area contributed by atoms with E-state index in [9.17, 15) is 0 Å². The maximum atomic E-state index is 8.69. The predicted molar refractivity (Wildman–Crippen MR) is 35.7 cm³/mol. The van der Waals surface area contributed by atoms with Crippen LogP contribution in [-0.2, 0) is 0 Å². The van der Waals surface area contributed by atoms with E-state index in [1.807, 2.05) is 12.2 Å². The summed E-state index contributed by atoms with van der Waals surface area (Å²) in [4.78, 5) is 0. The molecule has 1 heteroatoms. The Kier molecular flexibility index (Phi) is 4.67. The van der Waals surface area contributed by atoms with Crippen molar-refractivity contribution in [1.29, 1.82) is 0 Å². The summed E-state index contributed by atoms with van der Waals surface area (Å²) in [6, 6.07) is 0. The zero-order valence-corrected chi connectivity index (χ0v) is 5.59. The Labute approximate surface area is 51.0 Å². The van der Waals surface area contributed by atoms with Crippen LogP contribution in [0.15, 0.2) is 12.2 Å². The number of hydrogen-bond acceptors (Lipinski definition) is 1. The summed E-state index contributed by atoms with van der Waals surface area (Å²) in [6.07, 6.45) is 5.77. The quantitative estimate of drug-likeness (QED) is 0.554. The standard InChI is InChI=1S/C7H14O/c1-3-4-5-6-7(2)8/h5-8H,3-4H2,1-2H3/b6-5+/t7-/m1/s1. The Morgan fingerprint density at radius 2 is 2.25 bits per heavy atom. The van der Waals surface area contributed by atoms with Gasteiger partial charge < -0.3 is 5.11 Å². The van der Waals surface area contributed by atoms with Gasteiger partial charge in [-0.15, -0.1) is 0 Å². The predicted octanol–water partition coefficient (Wildman–Crippen LogP) is 1.72. The van der Waals surface area contributed by atoms with Crippen LogP contribution < -0.4 is 0 Å². The molecule has 0 unspecified atom stereocenters. The summed E-state index contributed by atoms with van der Waals surface area (Å²) in [5, 5.41) is 8.69. The molecule has 0 bridgehead atoms. The molecule has 0 fully saturated rings. The molecule has 0 saturated carbocycles. The second-order valence-corrected chi connectivity index (χ2v) is 1.96. The molecule has 0 rings (SSSR count). The molecule has 1 nitrogen and oxygen atoms in total. The van der Waals surface area contributed by atoms with Gasteiger partial charge in [0.15, 0.2) is 0 Å². The van der Waals surface area contributed by atoms with Crippen molar-refractivity contribution < 1.29 is 5.11 Å². The highest BCUT2D eigenvalue weighted by Gasteiger charge is 1.81. The minimum atomic E-state index is -0.276. The van der Waals surface area contributed by atoms with Crippen LogP contribution in [-0.4, -0.2) is 11.2 Å². The summed E-state index contributed by atoms with van der Waals surface area (Å²) in [6.45, 7) is 3.87. The molecule has 8 heavy (non-hydrogen) atoms. The van der Waals surface area contributed by atoms with Crippen LogP contribution in [0.2, 0.25) is 0 Å². The van der Waals surface area contributed by atoms with Crippen molar-refractivity contribution >= 4 is 0 Å². The van der Waals surface area contributed by atoms with Gasteiger partial charge in [-0.1, -0.05) is 25.5 Å². The molecule has 0 aliphatic rings. The van der Waals surface area contributed by atoms with E-state index in [0.29, 0.717) is 0 Å². The van der Waals surface area contributed by atoms with Crippen LogP contribution in [0.1, 0.15) is 26.7 Å². The van der Waals surface area contributed by atoms with E-state index >= 15 is 0 Å². The highest BCUT2D eigenvalue weighted by atomic mass is 16.3. The van der Waals surface area contributed by atoms with Crippen LogP contribution in [0.3, 0.4) is 0 Å². The normalized spacial score (nSPS) is 14.9. The smallest absolute Gasteiger partial charge is 0.0692 e. The molecule has 0 heterocycles. The maximum absolute atomic E-state index is 8.69. The molecule has 0 aromatic heterocycles. The van der Waals surface area contributed by atoms with Crippen molar-refractivity contribution in [1.82, 2.24) is 0 Å². The van der Waals surface area contributed by atoms with E-state index in [0.717, 1.165) is 12.8 Å². The SMILES string of the molecule is CCC/C=C/[C@@H](C)O. The van der Waals surface area contributed by atoms with E-state index in [1.165, 1.54) is 0 Å². The van der Waals surface area contributed by atoms with Crippen molar-refractivity contribution in [3.05, 3.63) is 12.2 Å². The van der Waals surface area contributed by atoms with Gasteiger partial charge in [0.1, 0.15) is 0 Å². The number of unbranched alkanes of at least 4 members (excludes halogenated alkanes) is 1. The second-order valence-electron chi connectivity index (χ2n) is 1.96. The van der Waals surface area contributed by atoms with Crippen molar-refractivity contribution in [3.8, 4) is 0 Å². The molecule has 0 radical (unpaired) electrons. The van der Waals surface area contributed by atoms with Gasteiger partial charge in [-0.2, -0.15) is 0 Å². The Morgan fingerprint density at radius 1 is 1.62 bits per heavy atom. The summed E-state index contributed by atoms with van der Waals surface area (Å²) in [5.41, 5.74) is 0. The first-order valence-electron chi connectivity index (χ1n) is 3.12. The fourth-order valence-electron chi connectivity index (χ4n) is 0.460. The van der Waals surface area contributed by atoms with Gasteiger partial charge >= 0.3 is 0 Å². The minimum absolute atomic E-state index is 0.276. The lowest BCUT2D eigenvalue weighted by Gasteiger charge is -1.90. The fourth-order valence-corrected chi connectivity index (χ4v) is 0.460. The molecule has 0 spiro atoms. The zero-order valence-electron chi connectivity index (χ0n) is 5.59. The lowest BCUT2D eigenvalue weighted by atomic mass is 10.3. The van der Waals surface area contributed by atoms with E-state index < -0.39 is 0 Å². The lowest BCUT2D eigenvalue weighted by molar-refractivity contribution is 0.244. The highest BCUT2D eigenvalue weighted by molar-refractivity contribution is 4.85. The molecule has 0 aliphatic carbocycles. The number of aliphatic hydroxyl groups excluding tert-OH is 1. The van der Waals surface area contributed by atoms with Gasteiger partial charge in [-0.3, -0.25) is 0 Å². The van der Waals surface area contributed by atoms with Gasteiger partial charge in [0.25, 0.3) is 0 Å². The third-order valence-corrected chi connectivity index (χ3v) is 0.870. The third-order valence-electron chi connectivity index (χ3n) is 0.870. The molecule has 0 saturated heterocycles. The monoisotopic (exact) mass is 114 g/mol. The van der Waals surface area contributed by atoms with Gasteiger partial charge in [0, 0.05) is 0 Å². The van der Waals surface area contributed by atoms with Gasteiger partial charge in [-0.05, 0) is 13.3 Å². The van der Waals surface area contributed by atoms with Crippen molar-refractivity contribution in [3.63, 3.8) is 0 Å². The number of allylic oxidation sites excluding steroid dienone is 1. The van der Waals surface area contributed by atoms with E-state index in [1.54, 1.807) is 6.92 Å². The van der Waals surface area contributed by atoms with Crippen LogP contribution >= 0.6 is 0 Å². The van der Waals surface area contributed by atoms with Crippen LogP contribution in [0.25, 0.3) is 0 Å². The molecule has 48 valence electrons. The third kappa shape index (κ3) is 5.70. The largest absolute Gasteiger partial charge is 0.389 e. The molecule has 0 aromatic carbocycles. The van der Waals surface area contributed by atoms with Crippen LogP contribution in [0, 0.1) is 0 Å². The molecule has 0 aromatic rings. The number of hydrogen-bond donors (Lipinski definition) is 1. The van der Waals surface area contributed by atoms with Crippen LogP contribution in [0.5, 0.6) is 0 Å². The van der Waals surface area contributed by atoms with E-state index in [2.05, 4.69) is 6.92 Å². The minimum Gasteiger partial charge on any atom is -0.389 e. The van der Waals surface area contributed by atoms with Gasteiger partial charge in [0.05, 0.1) is 6.10 Å². The Balaban J connectivity index is 3.07. The number of aliphatic hydroxyl groups is 1. The summed E-state index contributed by atoms with van der Waals surface area (Å²) >= 11 is 0. The maximum Gasteiger partial charge on any atom is 0.0692 e. The molecule has 0 amide bonds. The Hall–Kier alpha value is -0.300. The molecule has 0 aliphatic heterocycles. The number of rotatable bonds is 3. The summed E-state index contributed by atoms with van der Waals surface area (Å²) in [7, 11) is 0. The second kappa shape index (κ2) is 4.85.